The summed E-state index contributed by atoms with van der Waals surface area (Å²) in [5.74, 6) is 0.201. The van der Waals surface area contributed by atoms with E-state index in [9.17, 15) is 9.59 Å². The zero-order chi connectivity index (χ0) is 28.7. The highest BCUT2D eigenvalue weighted by Crippen LogP contribution is 2.26. The molecule has 2 aromatic rings. The lowest BCUT2D eigenvalue weighted by molar-refractivity contribution is -0.144. The zero-order valence-corrected chi connectivity index (χ0v) is 26.0. The van der Waals surface area contributed by atoms with Gasteiger partial charge >= 0.3 is 0 Å². The molecule has 1 unspecified atom stereocenters. The summed E-state index contributed by atoms with van der Waals surface area (Å²) in [6.45, 7) is 7.81. The van der Waals surface area contributed by atoms with Crippen molar-refractivity contribution in [1.29, 1.82) is 0 Å². The molecule has 0 N–H and O–H groups in total. The van der Waals surface area contributed by atoms with E-state index in [1.54, 1.807) is 0 Å². The van der Waals surface area contributed by atoms with Crippen LogP contribution in [-0.4, -0.2) is 44.8 Å². The first-order valence-electron chi connectivity index (χ1n) is 15.9. The van der Waals surface area contributed by atoms with Crippen LogP contribution >= 0.6 is 11.6 Å². The second kappa shape index (κ2) is 17.5. The van der Waals surface area contributed by atoms with E-state index in [4.69, 9.17) is 11.6 Å². The summed E-state index contributed by atoms with van der Waals surface area (Å²) in [4.78, 5) is 31.3. The van der Waals surface area contributed by atoms with Gasteiger partial charge in [-0.2, -0.15) is 0 Å². The van der Waals surface area contributed by atoms with Gasteiger partial charge in [-0.3, -0.25) is 9.59 Å². The van der Waals surface area contributed by atoms with E-state index in [0.29, 0.717) is 19.5 Å². The van der Waals surface area contributed by atoms with E-state index in [1.165, 1.54) is 38.5 Å². The van der Waals surface area contributed by atoms with Crippen molar-refractivity contribution in [2.24, 2.45) is 0 Å². The third kappa shape index (κ3) is 9.98. The van der Waals surface area contributed by atoms with Crippen LogP contribution in [-0.2, 0) is 22.7 Å². The first-order chi connectivity index (χ1) is 19.4. The highest BCUT2D eigenvalue weighted by molar-refractivity contribution is 6.31. The molecule has 2 amide bonds. The van der Waals surface area contributed by atoms with Crippen molar-refractivity contribution in [2.45, 2.75) is 136 Å². The normalized spacial score (nSPS) is 14.7. The minimum Gasteiger partial charge on any atom is -0.345 e. The zero-order valence-electron chi connectivity index (χ0n) is 25.3. The van der Waals surface area contributed by atoms with Crippen LogP contribution in [0.2, 0.25) is 5.02 Å². The number of aromatic nitrogens is 1. The molecule has 0 radical (unpaired) electrons. The molecule has 1 heterocycles. The summed E-state index contributed by atoms with van der Waals surface area (Å²) in [6, 6.07) is 12.4. The van der Waals surface area contributed by atoms with E-state index in [1.807, 2.05) is 29.2 Å². The number of rotatable bonds is 17. The van der Waals surface area contributed by atoms with E-state index in [0.717, 1.165) is 61.2 Å². The Morgan fingerprint density at radius 2 is 1.62 bits per heavy atom. The summed E-state index contributed by atoms with van der Waals surface area (Å²) in [6.07, 6.45) is 17.3. The number of carbonyl (C=O) groups excluding carboxylic acids is 2. The maximum atomic E-state index is 14.0. The average molecular weight is 570 g/mol. The van der Waals surface area contributed by atoms with Gasteiger partial charge in [-0.25, -0.2) is 0 Å². The number of unbranched alkanes of at least 4 members (excludes halogenated alkanes) is 6. The minimum atomic E-state index is 0.0540. The predicted molar refractivity (Wildman–Crippen MR) is 166 cm³/mol. The van der Waals surface area contributed by atoms with Gasteiger partial charge in [0.15, 0.2) is 0 Å². The molecule has 0 saturated heterocycles. The first-order valence-corrected chi connectivity index (χ1v) is 16.3. The molecule has 1 aliphatic carbocycles. The van der Waals surface area contributed by atoms with Crippen molar-refractivity contribution >= 4 is 23.4 Å². The minimum absolute atomic E-state index is 0.0540. The Balaban J connectivity index is 1.69. The number of hydrogen-bond acceptors (Lipinski definition) is 2. The Morgan fingerprint density at radius 3 is 2.33 bits per heavy atom. The molecule has 40 heavy (non-hydrogen) atoms. The number of amides is 2. The fraction of sp³-hybridized carbons (Fsp3) is 0.647. The molecular weight excluding hydrogens is 518 g/mol. The third-order valence-electron chi connectivity index (χ3n) is 8.63. The van der Waals surface area contributed by atoms with Gasteiger partial charge in [0.25, 0.3) is 0 Å². The first kappa shape index (κ1) is 32.2. The van der Waals surface area contributed by atoms with Gasteiger partial charge in [-0.05, 0) is 56.4 Å². The monoisotopic (exact) mass is 569 g/mol. The van der Waals surface area contributed by atoms with Crippen molar-refractivity contribution in [3.63, 3.8) is 0 Å². The molecule has 0 aliphatic heterocycles. The van der Waals surface area contributed by atoms with E-state index >= 15 is 0 Å². The SMILES string of the molecule is CCCCCCCCCC(=O)N(CC(=O)N(Cc1cccn1Cc1ccccc1Cl)C1CCCCC1)C(C)CC. The molecule has 1 saturated carbocycles. The molecular formula is C34H52ClN3O2. The molecule has 0 bridgehead atoms. The van der Waals surface area contributed by atoms with E-state index in [-0.39, 0.29) is 30.4 Å². The Labute approximate surface area is 248 Å². The fourth-order valence-corrected chi connectivity index (χ4v) is 6.06. The van der Waals surface area contributed by atoms with E-state index in [2.05, 4.69) is 48.6 Å². The Morgan fingerprint density at radius 1 is 0.925 bits per heavy atom. The molecule has 6 heteroatoms. The molecule has 1 aromatic heterocycles. The number of carbonyl (C=O) groups is 2. The molecule has 222 valence electrons. The van der Waals surface area contributed by atoms with Crippen LogP contribution in [0.5, 0.6) is 0 Å². The van der Waals surface area contributed by atoms with Crippen LogP contribution in [0.3, 0.4) is 0 Å². The van der Waals surface area contributed by atoms with Crippen molar-refractivity contribution in [3.05, 3.63) is 58.9 Å². The Hall–Kier alpha value is -2.27. The van der Waals surface area contributed by atoms with Gasteiger partial charge in [0, 0.05) is 42.0 Å². The molecule has 3 rings (SSSR count). The molecule has 5 nitrogen and oxygen atoms in total. The Bertz CT molecular complexity index is 1030. The van der Waals surface area contributed by atoms with Crippen molar-refractivity contribution in [1.82, 2.24) is 14.4 Å². The summed E-state index contributed by atoms with van der Waals surface area (Å²) in [5.41, 5.74) is 2.17. The lowest BCUT2D eigenvalue weighted by Crippen LogP contribution is -2.49. The summed E-state index contributed by atoms with van der Waals surface area (Å²) in [7, 11) is 0. The summed E-state index contributed by atoms with van der Waals surface area (Å²) >= 11 is 6.46. The fourth-order valence-electron chi connectivity index (χ4n) is 5.87. The highest BCUT2D eigenvalue weighted by Gasteiger charge is 2.30. The second-order valence-corrected chi connectivity index (χ2v) is 12.1. The average Bonchev–Trinajstić information content (AvgIpc) is 3.41. The van der Waals surface area contributed by atoms with Crippen LogP contribution in [0, 0.1) is 0 Å². The molecule has 1 aromatic carbocycles. The summed E-state index contributed by atoms with van der Waals surface area (Å²) in [5, 5.41) is 0.756. The maximum Gasteiger partial charge on any atom is 0.242 e. The van der Waals surface area contributed by atoms with Crippen LogP contribution in [0.1, 0.15) is 122 Å². The summed E-state index contributed by atoms with van der Waals surface area (Å²) < 4.78 is 2.20. The van der Waals surface area contributed by atoms with Gasteiger partial charge in [-0.1, -0.05) is 101 Å². The highest BCUT2D eigenvalue weighted by atomic mass is 35.5. The van der Waals surface area contributed by atoms with Crippen LogP contribution in [0.4, 0.5) is 0 Å². The van der Waals surface area contributed by atoms with Crippen molar-refractivity contribution in [3.8, 4) is 0 Å². The van der Waals surface area contributed by atoms with Crippen molar-refractivity contribution in [2.75, 3.05) is 6.54 Å². The molecule has 1 atom stereocenters. The smallest absolute Gasteiger partial charge is 0.242 e. The van der Waals surface area contributed by atoms with Crippen LogP contribution in [0.25, 0.3) is 0 Å². The van der Waals surface area contributed by atoms with Gasteiger partial charge in [0.1, 0.15) is 6.54 Å². The van der Waals surface area contributed by atoms with Gasteiger partial charge in [0.2, 0.25) is 11.8 Å². The quantitative estimate of drug-likeness (QED) is 0.179. The third-order valence-corrected chi connectivity index (χ3v) is 9.00. The molecule has 1 aliphatic rings. The predicted octanol–water partition coefficient (Wildman–Crippen LogP) is 8.62. The number of hydrogen-bond donors (Lipinski definition) is 0. The molecule has 1 fully saturated rings. The van der Waals surface area contributed by atoms with Crippen LogP contribution in [0.15, 0.2) is 42.6 Å². The second-order valence-electron chi connectivity index (χ2n) is 11.7. The standard InChI is InChI=1S/C34H52ClN3O2/c1-4-6-7-8-9-10-14-23-33(39)37(28(3)5-2)27-34(40)38(30-19-12-11-13-20-30)26-31-21-17-24-36(31)25-29-18-15-16-22-32(29)35/h15-18,21-22,24,28,30H,4-14,19-20,23,25-27H2,1-3H3. The largest absolute Gasteiger partial charge is 0.345 e. The maximum absolute atomic E-state index is 14.0. The number of halogens is 1. The topological polar surface area (TPSA) is 45.6 Å². The van der Waals surface area contributed by atoms with Crippen LogP contribution < -0.4 is 0 Å². The lowest BCUT2D eigenvalue weighted by Gasteiger charge is -2.37. The van der Waals surface area contributed by atoms with Gasteiger partial charge in [-0.15, -0.1) is 0 Å². The van der Waals surface area contributed by atoms with E-state index < -0.39 is 0 Å². The number of nitrogens with zero attached hydrogens (tertiary/aromatic N) is 3. The van der Waals surface area contributed by atoms with Gasteiger partial charge < -0.3 is 14.4 Å². The Kier molecular flexibility index (Phi) is 14.1. The van der Waals surface area contributed by atoms with Gasteiger partial charge in [0.05, 0.1) is 6.54 Å². The lowest BCUT2D eigenvalue weighted by atomic mass is 9.94. The van der Waals surface area contributed by atoms with Crippen molar-refractivity contribution < 1.29 is 9.59 Å². The molecule has 0 spiro atoms. The number of benzene rings is 1.